The van der Waals surface area contributed by atoms with Gasteiger partial charge >= 0.3 is 6.03 Å². The van der Waals surface area contributed by atoms with Crippen molar-refractivity contribution in [2.24, 2.45) is 11.3 Å². The van der Waals surface area contributed by atoms with Gasteiger partial charge in [-0.1, -0.05) is 42.5 Å². The van der Waals surface area contributed by atoms with E-state index in [1.165, 1.54) is 16.2 Å². The number of urea groups is 1. The summed E-state index contributed by atoms with van der Waals surface area (Å²) in [6.45, 7) is 2.30. The first-order chi connectivity index (χ1) is 17.9. The van der Waals surface area contributed by atoms with Gasteiger partial charge in [0, 0.05) is 55.2 Å². The number of hydrogen-bond donors (Lipinski definition) is 1. The topological polar surface area (TPSA) is 91.7 Å². The molecular formula is C28H28N4O4S. The van der Waals surface area contributed by atoms with Gasteiger partial charge < -0.3 is 9.47 Å². The number of amides is 4. The number of aromatic nitrogens is 1. The number of barbiturate groups is 1. The molecule has 0 saturated carbocycles. The Morgan fingerprint density at radius 3 is 2.54 bits per heavy atom. The second-order valence-corrected chi connectivity index (χ2v) is 11.4. The third-order valence-electron chi connectivity index (χ3n) is 7.84. The molecule has 3 aromatic rings. The second kappa shape index (κ2) is 9.39. The van der Waals surface area contributed by atoms with E-state index in [4.69, 9.17) is 0 Å². The van der Waals surface area contributed by atoms with E-state index in [-0.39, 0.29) is 36.9 Å². The minimum Gasteiger partial charge on any atom is -0.312 e. The van der Waals surface area contributed by atoms with Crippen molar-refractivity contribution in [3.05, 3.63) is 92.5 Å². The van der Waals surface area contributed by atoms with Gasteiger partial charge in [0.2, 0.25) is 11.8 Å². The zero-order valence-corrected chi connectivity index (χ0v) is 21.2. The Labute approximate surface area is 218 Å². The maximum absolute atomic E-state index is 14.1. The highest BCUT2D eigenvalue weighted by atomic mass is 32.1. The molecule has 1 aromatic carbocycles. The van der Waals surface area contributed by atoms with Crippen molar-refractivity contribution in [2.75, 3.05) is 19.6 Å². The third kappa shape index (κ3) is 4.32. The maximum Gasteiger partial charge on any atom is 0.331 e. The molecule has 0 unspecified atom stereocenters. The lowest BCUT2D eigenvalue weighted by molar-refractivity contribution is -0.154. The minimum atomic E-state index is -1.42. The van der Waals surface area contributed by atoms with Crippen molar-refractivity contribution in [3.8, 4) is 0 Å². The van der Waals surface area contributed by atoms with E-state index in [1.54, 1.807) is 12.1 Å². The van der Waals surface area contributed by atoms with Crippen LogP contribution in [-0.2, 0) is 29.1 Å². The molecule has 4 amide bonds. The van der Waals surface area contributed by atoms with Gasteiger partial charge in [0.25, 0.3) is 5.56 Å². The molecule has 3 aliphatic heterocycles. The predicted molar refractivity (Wildman–Crippen MR) is 139 cm³/mol. The number of imide groups is 2. The zero-order valence-electron chi connectivity index (χ0n) is 20.3. The number of pyridine rings is 1. The van der Waals surface area contributed by atoms with Crippen LogP contribution < -0.4 is 10.9 Å². The predicted octanol–water partition coefficient (Wildman–Crippen LogP) is 2.84. The number of rotatable bonds is 6. The highest BCUT2D eigenvalue weighted by molar-refractivity contribution is 7.09. The Morgan fingerprint density at radius 1 is 0.919 bits per heavy atom. The summed E-state index contributed by atoms with van der Waals surface area (Å²) < 4.78 is 1.87. The quantitative estimate of drug-likeness (QED) is 0.509. The molecule has 2 bridgehead atoms. The molecule has 5 heterocycles. The van der Waals surface area contributed by atoms with Gasteiger partial charge in [-0.3, -0.25) is 24.6 Å². The molecule has 0 aliphatic carbocycles. The van der Waals surface area contributed by atoms with Gasteiger partial charge in [-0.25, -0.2) is 4.79 Å². The molecule has 1 N–H and O–H groups in total. The number of likely N-dealkylation sites (tertiary alicyclic amines) is 1. The molecule has 2 saturated heterocycles. The summed E-state index contributed by atoms with van der Waals surface area (Å²) in [5.74, 6) is -0.573. The summed E-state index contributed by atoms with van der Waals surface area (Å²) in [7, 11) is 0. The zero-order chi connectivity index (χ0) is 25.6. The molecule has 9 heteroatoms. The number of thiophene rings is 1. The van der Waals surface area contributed by atoms with E-state index in [9.17, 15) is 19.2 Å². The molecule has 190 valence electrons. The molecule has 8 nitrogen and oxygen atoms in total. The number of nitrogens with zero attached hydrogens (tertiary/aromatic N) is 3. The van der Waals surface area contributed by atoms with Crippen LogP contribution >= 0.6 is 11.3 Å². The molecule has 0 spiro atoms. The number of fused-ring (bicyclic) bond motifs is 4. The number of benzene rings is 1. The number of nitrogens with one attached hydrogen (secondary N) is 1. The lowest BCUT2D eigenvalue weighted by atomic mass is 9.77. The molecule has 3 aliphatic rings. The van der Waals surface area contributed by atoms with E-state index >= 15 is 0 Å². The fraction of sp³-hybridized carbons (Fsp3) is 0.357. The van der Waals surface area contributed by atoms with Crippen molar-refractivity contribution in [1.82, 2.24) is 19.7 Å². The fourth-order valence-corrected chi connectivity index (χ4v) is 7.03. The normalized spacial score (nSPS) is 25.6. The molecule has 0 radical (unpaired) electrons. The largest absolute Gasteiger partial charge is 0.331 e. The van der Waals surface area contributed by atoms with E-state index in [1.807, 2.05) is 58.5 Å². The van der Waals surface area contributed by atoms with Crippen LogP contribution in [0.25, 0.3) is 0 Å². The first-order valence-corrected chi connectivity index (χ1v) is 13.5. The lowest BCUT2D eigenvalue weighted by Gasteiger charge is -2.47. The Bertz CT molecular complexity index is 1400. The van der Waals surface area contributed by atoms with Gasteiger partial charge in [0.05, 0.1) is 6.54 Å². The molecule has 6 rings (SSSR count). The number of carbonyl (C=O) groups excluding carboxylic acids is 3. The van der Waals surface area contributed by atoms with Crippen molar-refractivity contribution >= 4 is 29.2 Å². The average Bonchev–Trinajstić information content (AvgIpc) is 3.40. The standard InChI is InChI=1S/C28H28N4O4S/c33-24-10-4-9-23-21-12-20(16-31(23)24)14-30(17-21)18-28(13-22-8-5-11-37-22)25(34)29-27(36)32(26(28)35)15-19-6-2-1-3-7-19/h1-11,20-21H,12-18H2,(H,29,34,36)/t20-,21+,28-/m1/s1. The summed E-state index contributed by atoms with van der Waals surface area (Å²) in [4.78, 5) is 57.3. The lowest BCUT2D eigenvalue weighted by Crippen LogP contribution is -2.67. The van der Waals surface area contributed by atoms with Gasteiger partial charge in [-0.15, -0.1) is 11.3 Å². The van der Waals surface area contributed by atoms with Gasteiger partial charge in [-0.2, -0.15) is 0 Å². The van der Waals surface area contributed by atoms with E-state index in [0.717, 1.165) is 22.6 Å². The number of piperidine rings is 1. The third-order valence-corrected chi connectivity index (χ3v) is 8.72. The van der Waals surface area contributed by atoms with Gasteiger partial charge in [0.15, 0.2) is 0 Å². The highest BCUT2D eigenvalue weighted by Gasteiger charge is 2.55. The van der Waals surface area contributed by atoms with Crippen LogP contribution in [0.4, 0.5) is 4.79 Å². The highest BCUT2D eigenvalue weighted by Crippen LogP contribution is 2.39. The Morgan fingerprint density at radius 2 is 1.76 bits per heavy atom. The smallest absolute Gasteiger partial charge is 0.312 e. The summed E-state index contributed by atoms with van der Waals surface area (Å²) >= 11 is 1.50. The Kier molecular flexibility index (Phi) is 6.04. The SMILES string of the molecule is O=C1NC(=O)[C@@](Cc2cccs2)(CN2C[C@H]3C[C@@H](C2)c2cccc(=O)n2C3)C(=O)N1Cc1ccccc1. The van der Waals surface area contributed by atoms with E-state index in [2.05, 4.69) is 10.2 Å². The van der Waals surface area contributed by atoms with Crippen molar-refractivity contribution in [2.45, 2.75) is 31.8 Å². The average molecular weight is 517 g/mol. The molecular weight excluding hydrogens is 488 g/mol. The Hall–Kier alpha value is -3.56. The summed E-state index contributed by atoms with van der Waals surface area (Å²) in [6.07, 6.45) is 1.21. The number of carbonyl (C=O) groups is 3. The van der Waals surface area contributed by atoms with Crippen molar-refractivity contribution < 1.29 is 14.4 Å². The summed E-state index contributed by atoms with van der Waals surface area (Å²) in [6, 6.07) is 17.9. The number of hydrogen-bond acceptors (Lipinski definition) is 6. The molecule has 3 atom stereocenters. The van der Waals surface area contributed by atoms with E-state index < -0.39 is 23.3 Å². The van der Waals surface area contributed by atoms with Gasteiger partial charge in [0.1, 0.15) is 5.41 Å². The van der Waals surface area contributed by atoms with Crippen LogP contribution in [-0.4, -0.2) is 51.8 Å². The van der Waals surface area contributed by atoms with Crippen LogP contribution in [0.15, 0.2) is 70.8 Å². The maximum atomic E-state index is 14.1. The van der Waals surface area contributed by atoms with E-state index in [0.29, 0.717) is 19.6 Å². The second-order valence-electron chi connectivity index (χ2n) is 10.4. The minimum absolute atomic E-state index is 0.0201. The van der Waals surface area contributed by atoms with Crippen molar-refractivity contribution in [3.63, 3.8) is 0 Å². The summed E-state index contributed by atoms with van der Waals surface area (Å²) in [5, 5.41) is 4.44. The van der Waals surface area contributed by atoms with Crippen molar-refractivity contribution in [1.29, 1.82) is 0 Å². The fourth-order valence-electron chi connectivity index (χ4n) is 6.21. The molecule has 37 heavy (non-hydrogen) atoms. The van der Waals surface area contributed by atoms with Crippen LogP contribution in [0.2, 0.25) is 0 Å². The first-order valence-electron chi connectivity index (χ1n) is 12.6. The monoisotopic (exact) mass is 516 g/mol. The van der Waals surface area contributed by atoms with Crippen LogP contribution in [0.3, 0.4) is 0 Å². The Balaban J connectivity index is 1.33. The molecule has 2 fully saturated rings. The first kappa shape index (κ1) is 23.8. The molecule has 2 aromatic heterocycles. The van der Waals surface area contributed by atoms with Crippen LogP contribution in [0, 0.1) is 11.3 Å². The van der Waals surface area contributed by atoms with Crippen LogP contribution in [0.5, 0.6) is 0 Å². The van der Waals surface area contributed by atoms with Crippen LogP contribution in [0.1, 0.15) is 28.5 Å². The van der Waals surface area contributed by atoms with Gasteiger partial charge in [-0.05, 0) is 35.4 Å². The summed E-state index contributed by atoms with van der Waals surface area (Å²) in [5.41, 5.74) is 0.433.